The highest BCUT2D eigenvalue weighted by atomic mass is 35.5. The highest BCUT2D eigenvalue weighted by molar-refractivity contribution is 6.31. The Bertz CT molecular complexity index is 1590. The Morgan fingerprint density at radius 1 is 1.03 bits per heavy atom. The lowest BCUT2D eigenvalue weighted by Gasteiger charge is -2.14. The van der Waals surface area contributed by atoms with Crippen molar-refractivity contribution in [2.75, 3.05) is 26.6 Å². The maximum atomic E-state index is 10.1. The number of nitrogens with one attached hydrogen (secondary N) is 2. The normalized spacial score (nSPS) is 11.9. The molecule has 0 saturated carbocycles. The van der Waals surface area contributed by atoms with Gasteiger partial charge >= 0.3 is 0 Å². The van der Waals surface area contributed by atoms with Crippen molar-refractivity contribution >= 4 is 28.2 Å². The van der Waals surface area contributed by atoms with Gasteiger partial charge in [0.05, 0.1) is 43.5 Å². The van der Waals surface area contributed by atoms with E-state index >= 15 is 0 Å². The summed E-state index contributed by atoms with van der Waals surface area (Å²) in [5, 5.41) is 30.9. The Labute approximate surface area is 225 Å². The first-order chi connectivity index (χ1) is 18.5. The van der Waals surface area contributed by atoms with E-state index in [1.807, 2.05) is 54.6 Å². The number of hydrogen-bond donors (Lipinski definition) is 3. The van der Waals surface area contributed by atoms with Gasteiger partial charge in [-0.05, 0) is 55.1 Å². The summed E-state index contributed by atoms with van der Waals surface area (Å²) in [5.41, 5.74) is 5.82. The van der Waals surface area contributed by atoms with Gasteiger partial charge in [-0.15, -0.1) is 0 Å². The quantitative estimate of drug-likeness (QED) is 0.229. The van der Waals surface area contributed by atoms with Crippen LogP contribution < -0.4 is 20.1 Å². The Balaban J connectivity index is 1.47. The van der Waals surface area contributed by atoms with E-state index in [2.05, 4.69) is 25.9 Å². The molecule has 0 spiro atoms. The minimum atomic E-state index is -0.806. The number of nitrogens with zero attached hydrogens (tertiary/aromatic N) is 4. The maximum absolute atomic E-state index is 10.1. The van der Waals surface area contributed by atoms with Crippen LogP contribution in [0.2, 0.25) is 5.02 Å². The highest BCUT2D eigenvalue weighted by Crippen LogP contribution is 2.33. The van der Waals surface area contributed by atoms with Gasteiger partial charge in [0, 0.05) is 45.9 Å². The minimum Gasteiger partial charge on any atom is -0.497 e. The van der Waals surface area contributed by atoms with Crippen LogP contribution in [0.15, 0.2) is 73.2 Å². The summed E-state index contributed by atoms with van der Waals surface area (Å²) in [6, 6.07) is 17.3. The van der Waals surface area contributed by atoms with Gasteiger partial charge in [0.1, 0.15) is 17.7 Å². The first kappa shape index (κ1) is 25.5. The van der Waals surface area contributed by atoms with Crippen LogP contribution in [0.5, 0.6) is 11.5 Å². The number of halogens is 1. The van der Waals surface area contributed by atoms with E-state index in [9.17, 15) is 5.11 Å². The summed E-state index contributed by atoms with van der Waals surface area (Å²) in [5.74, 6) is 1.47. The fraction of sp³-hybridized carbons (Fsp3) is 0.179. The van der Waals surface area contributed by atoms with Crippen molar-refractivity contribution in [1.82, 2.24) is 25.3 Å². The fourth-order valence-electron chi connectivity index (χ4n) is 4.27. The van der Waals surface area contributed by atoms with Crippen molar-refractivity contribution in [1.29, 1.82) is 0 Å². The van der Waals surface area contributed by atoms with Crippen LogP contribution in [-0.4, -0.2) is 46.4 Å². The number of aliphatic hydroxyl groups excluding tert-OH is 1. The molecule has 3 aromatic carbocycles. The van der Waals surface area contributed by atoms with Crippen molar-refractivity contribution in [3.63, 3.8) is 0 Å². The molecular weight excluding hydrogens is 504 g/mol. The van der Waals surface area contributed by atoms with Gasteiger partial charge in [-0.2, -0.15) is 15.3 Å². The predicted molar refractivity (Wildman–Crippen MR) is 148 cm³/mol. The number of fused-ring (bicyclic) bond motifs is 1. The van der Waals surface area contributed by atoms with Gasteiger partial charge in [0.15, 0.2) is 0 Å². The van der Waals surface area contributed by atoms with Crippen molar-refractivity contribution in [2.24, 2.45) is 0 Å². The fourth-order valence-corrected chi connectivity index (χ4v) is 4.44. The summed E-state index contributed by atoms with van der Waals surface area (Å²) >= 11 is 6.38. The van der Waals surface area contributed by atoms with Gasteiger partial charge in [0.25, 0.3) is 0 Å². The van der Waals surface area contributed by atoms with Crippen molar-refractivity contribution in [3.8, 4) is 28.3 Å². The van der Waals surface area contributed by atoms with Crippen LogP contribution in [0.1, 0.15) is 17.4 Å². The molecule has 2 aromatic heterocycles. The molecule has 0 aliphatic rings. The van der Waals surface area contributed by atoms with E-state index in [4.69, 9.17) is 21.1 Å². The van der Waals surface area contributed by atoms with E-state index < -0.39 is 6.23 Å². The van der Waals surface area contributed by atoms with Gasteiger partial charge in [-0.25, -0.2) is 4.68 Å². The number of anilines is 1. The second-order valence-corrected chi connectivity index (χ2v) is 9.03. The van der Waals surface area contributed by atoms with Gasteiger partial charge < -0.3 is 19.9 Å². The molecule has 0 aliphatic carbocycles. The molecule has 0 fully saturated rings. The number of aliphatic hydroxyl groups is 1. The second kappa shape index (κ2) is 11.1. The average molecular weight is 531 g/mol. The van der Waals surface area contributed by atoms with Gasteiger partial charge in [-0.3, -0.25) is 5.32 Å². The lowest BCUT2D eigenvalue weighted by molar-refractivity contribution is 0.149. The number of rotatable bonds is 9. The summed E-state index contributed by atoms with van der Waals surface area (Å²) in [7, 11) is 4.95. The molecule has 5 rings (SSSR count). The molecule has 0 aliphatic heterocycles. The SMILES string of the molecule is CNC(O)c1cnn(-c2ccc(Cl)cc2-c2ccc3c(NCc4ccc(OC)cc4OC)cnnc3c2)c1. The van der Waals surface area contributed by atoms with E-state index in [1.165, 1.54) is 0 Å². The Kier molecular flexibility index (Phi) is 7.41. The number of methoxy groups -OCH3 is 2. The van der Waals surface area contributed by atoms with E-state index in [1.54, 1.807) is 44.5 Å². The predicted octanol–water partition coefficient (Wildman–Crippen LogP) is 4.98. The third-order valence-electron chi connectivity index (χ3n) is 6.31. The third-order valence-corrected chi connectivity index (χ3v) is 6.55. The zero-order valence-electron chi connectivity index (χ0n) is 21.1. The van der Waals surface area contributed by atoms with Crippen molar-refractivity contribution in [3.05, 3.63) is 89.3 Å². The van der Waals surface area contributed by atoms with Crippen LogP contribution in [0, 0.1) is 0 Å². The van der Waals surface area contributed by atoms with Crippen LogP contribution in [-0.2, 0) is 6.54 Å². The van der Waals surface area contributed by atoms with Crippen LogP contribution >= 0.6 is 11.6 Å². The number of benzene rings is 3. The lowest BCUT2D eigenvalue weighted by atomic mass is 10.0. The molecule has 0 radical (unpaired) electrons. The Morgan fingerprint density at radius 2 is 1.89 bits per heavy atom. The smallest absolute Gasteiger partial charge is 0.133 e. The van der Waals surface area contributed by atoms with E-state index in [0.29, 0.717) is 17.1 Å². The molecule has 9 nitrogen and oxygen atoms in total. The summed E-state index contributed by atoms with van der Waals surface area (Å²) < 4.78 is 12.5. The van der Waals surface area contributed by atoms with Crippen LogP contribution in [0.4, 0.5) is 5.69 Å². The topological polar surface area (TPSA) is 106 Å². The standard InChI is InChI=1S/C28H27ClN6O3/c1-30-28(36)19-14-33-35(16-19)26-9-6-20(29)11-23(26)17-5-8-22-24(10-17)34-32-15-25(22)31-13-18-4-7-21(37-2)12-27(18)38-3/h4-12,14-16,28,30,36H,13H2,1-3H3,(H,31,34). The summed E-state index contributed by atoms with van der Waals surface area (Å²) in [4.78, 5) is 0. The molecule has 10 heteroatoms. The zero-order chi connectivity index (χ0) is 26.6. The third kappa shape index (κ3) is 5.12. The lowest BCUT2D eigenvalue weighted by Crippen LogP contribution is -2.14. The molecular formula is C28H27ClN6O3. The second-order valence-electron chi connectivity index (χ2n) is 8.59. The van der Waals surface area contributed by atoms with Gasteiger partial charge in [0.2, 0.25) is 0 Å². The molecule has 1 atom stereocenters. The maximum Gasteiger partial charge on any atom is 0.133 e. The molecule has 0 bridgehead atoms. The average Bonchev–Trinajstić information content (AvgIpc) is 3.45. The molecule has 3 N–H and O–H groups in total. The molecule has 38 heavy (non-hydrogen) atoms. The van der Waals surface area contributed by atoms with Crippen molar-refractivity contribution in [2.45, 2.75) is 12.8 Å². The van der Waals surface area contributed by atoms with Gasteiger partial charge in [-0.1, -0.05) is 17.7 Å². The summed E-state index contributed by atoms with van der Waals surface area (Å²) in [6.45, 7) is 0.536. The highest BCUT2D eigenvalue weighted by Gasteiger charge is 2.14. The molecule has 194 valence electrons. The first-order valence-corrected chi connectivity index (χ1v) is 12.3. The van der Waals surface area contributed by atoms with Crippen molar-refractivity contribution < 1.29 is 14.6 Å². The Morgan fingerprint density at radius 3 is 2.68 bits per heavy atom. The minimum absolute atomic E-state index is 0.536. The first-order valence-electron chi connectivity index (χ1n) is 11.9. The molecule has 5 aromatic rings. The van der Waals surface area contributed by atoms with Crippen LogP contribution in [0.25, 0.3) is 27.7 Å². The number of aromatic nitrogens is 4. The van der Waals surface area contributed by atoms with E-state index in [0.717, 1.165) is 50.5 Å². The monoisotopic (exact) mass is 530 g/mol. The number of hydrogen-bond acceptors (Lipinski definition) is 8. The molecule has 0 saturated heterocycles. The zero-order valence-corrected chi connectivity index (χ0v) is 21.9. The van der Waals surface area contributed by atoms with Crippen LogP contribution in [0.3, 0.4) is 0 Å². The Hall–Kier alpha value is -4.18. The summed E-state index contributed by atoms with van der Waals surface area (Å²) in [6.07, 6.45) is 4.31. The molecule has 1 unspecified atom stereocenters. The molecule has 0 amide bonds. The van der Waals surface area contributed by atoms with E-state index in [-0.39, 0.29) is 0 Å². The largest absolute Gasteiger partial charge is 0.497 e. The molecule has 2 heterocycles. The number of ether oxygens (including phenoxy) is 2.